The molecule has 4 aromatic rings. The van der Waals surface area contributed by atoms with Crippen molar-refractivity contribution in [3.05, 3.63) is 92.1 Å². The molecule has 0 saturated carbocycles. The molecule has 2 aromatic carbocycles. The number of benzene rings is 2. The molecule has 2 aromatic heterocycles. The second-order valence-electron chi connectivity index (χ2n) is 10.8. The van der Waals surface area contributed by atoms with Crippen LogP contribution in [0, 0.1) is 5.92 Å². The predicted octanol–water partition coefficient (Wildman–Crippen LogP) is 4.04. The van der Waals surface area contributed by atoms with Crippen LogP contribution in [0.4, 0.5) is 11.8 Å². The van der Waals surface area contributed by atoms with Crippen molar-refractivity contribution in [3.63, 3.8) is 0 Å². The zero-order chi connectivity index (χ0) is 31.6. The van der Waals surface area contributed by atoms with E-state index in [9.17, 15) is 14.4 Å². The van der Waals surface area contributed by atoms with E-state index in [0.29, 0.717) is 17.0 Å². The van der Waals surface area contributed by atoms with E-state index in [2.05, 4.69) is 25.3 Å². The Kier molecular flexibility index (Phi) is 6.51. The molecular weight excluding hydrogens is 604 g/mol. The van der Waals surface area contributed by atoms with Gasteiger partial charge >= 0.3 is 6.01 Å². The summed E-state index contributed by atoms with van der Waals surface area (Å²) in [6.07, 6.45) is 3.27. The first-order valence-electron chi connectivity index (χ1n) is 13.9. The summed E-state index contributed by atoms with van der Waals surface area (Å²) >= 11 is 6.61. The fraction of sp³-hybridized carbons (Fsp3) is 0.226. The molecular formula is C31H25ClN6O7. The SMILES string of the molecule is COc1cc(OC)c2c(c1Cl)O[C@@]1(C(=O)C3=C(C[C@H]1C)Nc1nc(N)[nH]c(=O)c1C3c1cccc(Oc3ncccn3)c1)C2=O. The number of allylic oxidation sites excluding steroid dienone is 1. The number of anilines is 2. The number of Topliss-reactive ketones (excluding diaryl/α,β-unsaturated/α-hetero) is 2. The van der Waals surface area contributed by atoms with Gasteiger partial charge in [-0.3, -0.25) is 19.4 Å². The average molecular weight is 629 g/mol. The number of nitrogens with two attached hydrogens (primary N) is 1. The van der Waals surface area contributed by atoms with Crippen LogP contribution in [0.3, 0.4) is 0 Å². The fourth-order valence-electron chi connectivity index (χ4n) is 6.30. The smallest absolute Gasteiger partial charge is 0.321 e. The van der Waals surface area contributed by atoms with Crippen LogP contribution in [0.5, 0.6) is 29.0 Å². The highest BCUT2D eigenvalue weighted by Crippen LogP contribution is 2.56. The molecule has 0 saturated heterocycles. The van der Waals surface area contributed by atoms with Crippen molar-refractivity contribution >= 4 is 34.9 Å². The molecule has 13 nitrogen and oxygen atoms in total. The number of rotatable bonds is 5. The molecule has 1 spiro atoms. The number of aromatic amines is 1. The zero-order valence-electron chi connectivity index (χ0n) is 24.1. The summed E-state index contributed by atoms with van der Waals surface area (Å²) in [6.45, 7) is 1.74. The summed E-state index contributed by atoms with van der Waals surface area (Å²) in [5, 5.41) is 3.18. The number of nitrogens with one attached hydrogen (secondary N) is 2. The lowest BCUT2D eigenvalue weighted by atomic mass is 9.66. The van der Waals surface area contributed by atoms with Crippen LogP contribution in [-0.4, -0.2) is 51.3 Å². The number of H-pyrrole nitrogens is 1. The number of carbonyl (C=O) groups is 2. The van der Waals surface area contributed by atoms with Gasteiger partial charge in [-0.1, -0.05) is 30.7 Å². The third-order valence-corrected chi connectivity index (χ3v) is 8.65. The molecule has 4 heterocycles. The van der Waals surface area contributed by atoms with Gasteiger partial charge in [-0.2, -0.15) is 4.98 Å². The van der Waals surface area contributed by atoms with E-state index < -0.39 is 34.6 Å². The van der Waals surface area contributed by atoms with Crippen molar-refractivity contribution in [1.29, 1.82) is 0 Å². The maximum Gasteiger partial charge on any atom is 0.321 e. The Morgan fingerprint density at radius 3 is 2.53 bits per heavy atom. The van der Waals surface area contributed by atoms with Crippen molar-refractivity contribution in [2.75, 3.05) is 25.3 Å². The van der Waals surface area contributed by atoms with Crippen LogP contribution < -0.4 is 35.6 Å². The number of hydrogen-bond donors (Lipinski definition) is 3. The summed E-state index contributed by atoms with van der Waals surface area (Å²) in [6, 6.07) is 10.1. The minimum atomic E-state index is -2.00. The Hall–Kier alpha value is -5.43. The first-order valence-corrected chi connectivity index (χ1v) is 14.2. The molecule has 0 fully saturated rings. The lowest BCUT2D eigenvalue weighted by Crippen LogP contribution is -2.58. The maximum absolute atomic E-state index is 14.9. The number of halogens is 1. The number of ketones is 2. The number of carbonyl (C=O) groups excluding carboxylic acids is 2. The topological polar surface area (TPSA) is 181 Å². The van der Waals surface area contributed by atoms with Crippen LogP contribution >= 0.6 is 11.6 Å². The molecule has 3 atom stereocenters. The van der Waals surface area contributed by atoms with Crippen molar-refractivity contribution in [1.82, 2.24) is 19.9 Å². The number of aromatic nitrogens is 4. The summed E-state index contributed by atoms with van der Waals surface area (Å²) in [4.78, 5) is 57.8. The summed E-state index contributed by atoms with van der Waals surface area (Å²) in [5.74, 6) is -2.07. The Balaban J connectivity index is 1.40. The number of fused-ring (bicyclic) bond motifs is 2. The van der Waals surface area contributed by atoms with Gasteiger partial charge in [0.25, 0.3) is 5.56 Å². The Bertz CT molecular complexity index is 2010. The molecule has 45 heavy (non-hydrogen) atoms. The minimum absolute atomic E-state index is 0.00613. The Morgan fingerprint density at radius 2 is 1.80 bits per heavy atom. The summed E-state index contributed by atoms with van der Waals surface area (Å²) in [7, 11) is 2.81. The molecule has 0 amide bonds. The zero-order valence-corrected chi connectivity index (χ0v) is 24.9. The largest absolute Gasteiger partial charge is 0.496 e. The lowest BCUT2D eigenvalue weighted by Gasteiger charge is -2.42. The van der Waals surface area contributed by atoms with Crippen molar-refractivity contribution in [2.45, 2.75) is 24.9 Å². The van der Waals surface area contributed by atoms with E-state index in [1.807, 2.05) is 0 Å². The highest BCUT2D eigenvalue weighted by atomic mass is 35.5. The third-order valence-electron chi connectivity index (χ3n) is 8.29. The van der Waals surface area contributed by atoms with Gasteiger partial charge in [0.05, 0.1) is 19.8 Å². The monoisotopic (exact) mass is 628 g/mol. The van der Waals surface area contributed by atoms with E-state index in [1.165, 1.54) is 32.7 Å². The van der Waals surface area contributed by atoms with E-state index in [1.54, 1.807) is 37.3 Å². The minimum Gasteiger partial charge on any atom is -0.496 e. The summed E-state index contributed by atoms with van der Waals surface area (Å²) < 4.78 is 23.1. The molecule has 3 aliphatic rings. The second-order valence-corrected chi connectivity index (χ2v) is 11.1. The van der Waals surface area contributed by atoms with Gasteiger partial charge in [0.15, 0.2) is 5.75 Å². The highest BCUT2D eigenvalue weighted by Gasteiger charge is 2.63. The van der Waals surface area contributed by atoms with E-state index >= 15 is 0 Å². The summed E-state index contributed by atoms with van der Waals surface area (Å²) in [5.41, 5.74) is 4.67. The van der Waals surface area contributed by atoms with Crippen molar-refractivity contribution in [2.24, 2.45) is 5.92 Å². The van der Waals surface area contributed by atoms with Crippen LogP contribution in [0.2, 0.25) is 5.02 Å². The highest BCUT2D eigenvalue weighted by molar-refractivity contribution is 6.36. The standard InChI is InChI=1S/C31H25ClN6O7/c1-13-10-16-20(25(39)31(13)26(40)21-17(42-2)12-18(43-3)23(32)24(21)45-31)19(22-27(36-16)37-29(33)38-28(22)41)14-6-4-7-15(11-14)44-30-34-8-5-9-35-30/h4-9,11-13,19H,10H2,1-3H3,(H4,33,36,37,38,41)/t13-,19?,31+/m1/s1. The van der Waals surface area contributed by atoms with Crippen LogP contribution in [0.1, 0.15) is 40.7 Å². The molecule has 7 rings (SSSR count). The number of nitrogens with zero attached hydrogens (tertiary/aromatic N) is 3. The van der Waals surface area contributed by atoms with Gasteiger partial charge in [0.1, 0.15) is 33.7 Å². The van der Waals surface area contributed by atoms with Crippen molar-refractivity contribution in [3.8, 4) is 29.0 Å². The Morgan fingerprint density at radius 1 is 1.04 bits per heavy atom. The van der Waals surface area contributed by atoms with E-state index in [-0.39, 0.29) is 63.2 Å². The van der Waals surface area contributed by atoms with Gasteiger partial charge in [0.2, 0.25) is 23.1 Å². The molecule has 0 bridgehead atoms. The molecule has 14 heteroatoms. The Labute approximate surface area is 260 Å². The van der Waals surface area contributed by atoms with Gasteiger partial charge in [-0.25, -0.2) is 9.97 Å². The van der Waals surface area contributed by atoms with Crippen molar-refractivity contribution < 1.29 is 28.5 Å². The maximum atomic E-state index is 14.9. The normalized spacial score (nSPS) is 21.4. The molecule has 2 aliphatic heterocycles. The number of methoxy groups -OCH3 is 2. The fourth-order valence-corrected chi connectivity index (χ4v) is 6.57. The number of hydrogen-bond acceptors (Lipinski definition) is 12. The van der Waals surface area contributed by atoms with Crippen LogP contribution in [-0.2, 0) is 4.79 Å². The van der Waals surface area contributed by atoms with Gasteiger partial charge < -0.3 is 30.0 Å². The quantitative estimate of drug-likeness (QED) is 0.270. The molecule has 4 N–H and O–H groups in total. The van der Waals surface area contributed by atoms with Gasteiger partial charge in [-0.05, 0) is 30.2 Å². The van der Waals surface area contributed by atoms with Gasteiger partial charge in [0, 0.05) is 41.6 Å². The molecule has 228 valence electrons. The number of nitrogen functional groups attached to an aromatic ring is 1. The molecule has 1 aliphatic carbocycles. The third kappa shape index (κ3) is 4.14. The number of ether oxygens (including phenoxy) is 4. The first-order chi connectivity index (χ1) is 21.7. The van der Waals surface area contributed by atoms with E-state index in [0.717, 1.165) is 0 Å². The predicted molar refractivity (Wildman–Crippen MR) is 161 cm³/mol. The molecule has 0 radical (unpaired) electrons. The van der Waals surface area contributed by atoms with Crippen LogP contribution in [0.25, 0.3) is 0 Å². The van der Waals surface area contributed by atoms with Crippen LogP contribution in [0.15, 0.2) is 64.9 Å². The first kappa shape index (κ1) is 28.3. The van der Waals surface area contributed by atoms with E-state index in [4.69, 9.17) is 36.3 Å². The molecule has 1 unspecified atom stereocenters. The van der Waals surface area contributed by atoms with Gasteiger partial charge in [-0.15, -0.1) is 0 Å². The average Bonchev–Trinajstić information content (AvgIpc) is 3.34. The lowest BCUT2D eigenvalue weighted by molar-refractivity contribution is -0.130. The second kappa shape index (κ2) is 10.3.